The Balaban J connectivity index is 1.36. The van der Waals surface area contributed by atoms with Gasteiger partial charge in [-0.2, -0.15) is 0 Å². The summed E-state index contributed by atoms with van der Waals surface area (Å²) in [5, 5.41) is 7.13. The van der Waals surface area contributed by atoms with Crippen LogP contribution in [0.4, 0.5) is 0 Å². The molecule has 9 aromatic rings. The topological polar surface area (TPSA) is 38.7 Å². The standard InChI is InChI=1S/C45H28ClN3/c46-42-37-25-24-34(29-12-3-1-4-13-29)27-40(37)41(28-39(42)32-15-5-2-6-16-32)45-48-43(35-23-22-30-14-7-8-18-33(30)26-35)47-44(49-45)38-21-11-19-31-17-9-10-20-36(31)38/h1-28H. The minimum atomic E-state index is 0.588. The molecule has 3 nitrogen and oxygen atoms in total. The predicted molar refractivity (Wildman–Crippen MR) is 205 cm³/mol. The SMILES string of the molecule is Clc1c(-c2ccccc2)cc(-c2nc(-c3ccc4ccccc4c3)nc(-c3cccc4ccccc34)n2)c2cc(-c3ccccc3)ccc12. The number of rotatable bonds is 5. The lowest BCUT2D eigenvalue weighted by Gasteiger charge is -2.16. The first-order valence-electron chi connectivity index (χ1n) is 16.3. The van der Waals surface area contributed by atoms with E-state index >= 15 is 0 Å². The van der Waals surface area contributed by atoms with Gasteiger partial charge in [-0.15, -0.1) is 0 Å². The summed E-state index contributed by atoms with van der Waals surface area (Å²) in [5.74, 6) is 1.82. The Morgan fingerprint density at radius 1 is 0.306 bits per heavy atom. The van der Waals surface area contributed by atoms with Crippen LogP contribution in [0, 0.1) is 0 Å². The highest BCUT2D eigenvalue weighted by atomic mass is 35.5. The number of hydrogen-bond donors (Lipinski definition) is 0. The second-order valence-corrected chi connectivity index (χ2v) is 12.6. The average Bonchev–Trinajstić information content (AvgIpc) is 3.18. The van der Waals surface area contributed by atoms with Crippen molar-refractivity contribution < 1.29 is 0 Å². The van der Waals surface area contributed by atoms with Gasteiger partial charge in [-0.1, -0.05) is 163 Å². The van der Waals surface area contributed by atoms with Gasteiger partial charge in [0.25, 0.3) is 0 Å². The molecule has 0 N–H and O–H groups in total. The van der Waals surface area contributed by atoms with Crippen LogP contribution in [-0.4, -0.2) is 15.0 Å². The monoisotopic (exact) mass is 645 g/mol. The minimum Gasteiger partial charge on any atom is -0.208 e. The minimum absolute atomic E-state index is 0.588. The van der Waals surface area contributed by atoms with Crippen LogP contribution >= 0.6 is 11.6 Å². The number of nitrogens with zero attached hydrogens (tertiary/aromatic N) is 3. The molecule has 0 saturated heterocycles. The second kappa shape index (κ2) is 12.1. The maximum absolute atomic E-state index is 7.26. The maximum Gasteiger partial charge on any atom is 0.164 e. The summed E-state index contributed by atoms with van der Waals surface area (Å²) >= 11 is 7.26. The van der Waals surface area contributed by atoms with E-state index in [1.807, 2.05) is 24.3 Å². The Morgan fingerprint density at radius 3 is 1.71 bits per heavy atom. The number of aromatic nitrogens is 3. The van der Waals surface area contributed by atoms with E-state index in [0.717, 1.165) is 65.9 Å². The van der Waals surface area contributed by atoms with Gasteiger partial charge in [-0.3, -0.25) is 0 Å². The van der Waals surface area contributed by atoms with Crippen molar-refractivity contribution in [2.24, 2.45) is 0 Å². The quantitative estimate of drug-likeness (QED) is 0.187. The van der Waals surface area contributed by atoms with Gasteiger partial charge in [0.1, 0.15) is 0 Å². The van der Waals surface area contributed by atoms with Gasteiger partial charge >= 0.3 is 0 Å². The first-order valence-corrected chi connectivity index (χ1v) is 16.7. The van der Waals surface area contributed by atoms with Crippen molar-refractivity contribution in [2.75, 3.05) is 0 Å². The number of halogens is 1. The molecule has 0 fully saturated rings. The van der Waals surface area contributed by atoms with Crippen molar-refractivity contribution in [1.82, 2.24) is 15.0 Å². The van der Waals surface area contributed by atoms with E-state index in [4.69, 9.17) is 26.6 Å². The van der Waals surface area contributed by atoms with Crippen LogP contribution in [0.15, 0.2) is 170 Å². The molecule has 9 rings (SSSR count). The lowest BCUT2D eigenvalue weighted by atomic mass is 9.93. The van der Waals surface area contributed by atoms with Gasteiger partial charge in [0.15, 0.2) is 17.5 Å². The molecule has 0 radical (unpaired) electrons. The fourth-order valence-electron chi connectivity index (χ4n) is 6.71. The van der Waals surface area contributed by atoms with Crippen LogP contribution in [0.1, 0.15) is 0 Å². The molecule has 0 atom stereocenters. The molecule has 0 spiro atoms. The summed E-state index contributed by atoms with van der Waals surface area (Å²) < 4.78 is 0. The molecule has 8 aromatic carbocycles. The van der Waals surface area contributed by atoms with Crippen molar-refractivity contribution in [2.45, 2.75) is 0 Å². The largest absolute Gasteiger partial charge is 0.208 e. The molecule has 0 aliphatic rings. The average molecular weight is 646 g/mol. The van der Waals surface area contributed by atoms with E-state index in [0.29, 0.717) is 22.5 Å². The first-order chi connectivity index (χ1) is 24.2. The van der Waals surface area contributed by atoms with Gasteiger partial charge in [-0.05, 0) is 61.8 Å². The van der Waals surface area contributed by atoms with E-state index in [-0.39, 0.29) is 0 Å². The predicted octanol–water partition coefficient (Wildman–Crippen LogP) is 12.3. The zero-order valence-corrected chi connectivity index (χ0v) is 27.1. The summed E-state index contributed by atoms with van der Waals surface area (Å²) in [6.45, 7) is 0. The molecule has 1 heterocycles. The molecular weight excluding hydrogens is 618 g/mol. The number of benzene rings is 8. The lowest BCUT2D eigenvalue weighted by Crippen LogP contribution is -2.01. The summed E-state index contributed by atoms with van der Waals surface area (Å²) in [6, 6.07) is 58.6. The summed E-state index contributed by atoms with van der Waals surface area (Å²) in [4.78, 5) is 15.7. The van der Waals surface area contributed by atoms with Crippen molar-refractivity contribution >= 4 is 43.9 Å². The summed E-state index contributed by atoms with van der Waals surface area (Å²) in [5.41, 5.74) is 6.95. The molecular formula is C45H28ClN3. The Hall–Kier alpha value is -6.16. The number of hydrogen-bond acceptors (Lipinski definition) is 3. The van der Waals surface area contributed by atoms with Crippen molar-refractivity contribution in [3.8, 4) is 56.4 Å². The Morgan fingerprint density at radius 2 is 0.918 bits per heavy atom. The van der Waals surface area contributed by atoms with Gasteiger partial charge in [0, 0.05) is 27.6 Å². The molecule has 0 aliphatic carbocycles. The Bertz CT molecular complexity index is 2660. The fraction of sp³-hybridized carbons (Fsp3) is 0. The molecule has 4 heteroatoms. The third kappa shape index (κ3) is 5.31. The molecule has 49 heavy (non-hydrogen) atoms. The Kier molecular flexibility index (Phi) is 7.18. The molecule has 0 bridgehead atoms. The van der Waals surface area contributed by atoms with Crippen molar-refractivity contribution in [3.63, 3.8) is 0 Å². The van der Waals surface area contributed by atoms with Gasteiger partial charge in [0.05, 0.1) is 5.02 Å². The van der Waals surface area contributed by atoms with Gasteiger partial charge in [0.2, 0.25) is 0 Å². The number of fused-ring (bicyclic) bond motifs is 3. The fourth-order valence-corrected chi connectivity index (χ4v) is 7.04. The molecule has 0 amide bonds. The van der Waals surface area contributed by atoms with Crippen molar-refractivity contribution in [1.29, 1.82) is 0 Å². The van der Waals surface area contributed by atoms with E-state index < -0.39 is 0 Å². The zero-order chi connectivity index (χ0) is 32.7. The van der Waals surface area contributed by atoms with Gasteiger partial charge in [-0.25, -0.2) is 15.0 Å². The maximum atomic E-state index is 7.26. The molecule has 1 aromatic heterocycles. The second-order valence-electron chi connectivity index (χ2n) is 12.2. The first kappa shape index (κ1) is 29.0. The molecule has 0 aliphatic heterocycles. The van der Waals surface area contributed by atoms with Crippen LogP contribution in [0.2, 0.25) is 5.02 Å². The van der Waals surface area contributed by atoms with Crippen LogP contribution in [0.25, 0.3) is 88.7 Å². The Labute approximate surface area is 289 Å². The summed E-state index contributed by atoms with van der Waals surface area (Å²) in [7, 11) is 0. The van der Waals surface area contributed by atoms with Crippen LogP contribution in [0.5, 0.6) is 0 Å². The third-order valence-electron chi connectivity index (χ3n) is 9.18. The van der Waals surface area contributed by atoms with E-state index in [1.54, 1.807) is 0 Å². The third-order valence-corrected chi connectivity index (χ3v) is 9.58. The summed E-state index contributed by atoms with van der Waals surface area (Å²) in [6.07, 6.45) is 0. The van der Waals surface area contributed by atoms with Crippen LogP contribution in [-0.2, 0) is 0 Å². The molecule has 0 saturated carbocycles. The van der Waals surface area contributed by atoms with E-state index in [1.165, 1.54) is 5.39 Å². The van der Waals surface area contributed by atoms with Gasteiger partial charge < -0.3 is 0 Å². The molecule has 230 valence electrons. The van der Waals surface area contributed by atoms with Crippen molar-refractivity contribution in [3.05, 3.63) is 175 Å². The lowest BCUT2D eigenvalue weighted by molar-refractivity contribution is 1.08. The highest BCUT2D eigenvalue weighted by molar-refractivity contribution is 6.39. The smallest absolute Gasteiger partial charge is 0.164 e. The normalized spacial score (nSPS) is 11.4. The van der Waals surface area contributed by atoms with Crippen LogP contribution < -0.4 is 0 Å². The molecule has 0 unspecified atom stereocenters. The zero-order valence-electron chi connectivity index (χ0n) is 26.4. The highest BCUT2D eigenvalue weighted by Crippen LogP contribution is 2.42. The van der Waals surface area contributed by atoms with Crippen LogP contribution in [0.3, 0.4) is 0 Å². The highest BCUT2D eigenvalue weighted by Gasteiger charge is 2.20. The van der Waals surface area contributed by atoms with E-state index in [2.05, 4.69) is 146 Å². The van der Waals surface area contributed by atoms with E-state index in [9.17, 15) is 0 Å².